The van der Waals surface area contributed by atoms with Crippen molar-refractivity contribution < 1.29 is 4.92 Å². The highest BCUT2D eigenvalue weighted by atomic mass is 35.5. The van der Waals surface area contributed by atoms with Crippen molar-refractivity contribution in [1.29, 1.82) is 0 Å². The van der Waals surface area contributed by atoms with Gasteiger partial charge in [-0.1, -0.05) is 46.4 Å². The SMILES string of the molecule is O=[N+]([O-])c1c(Cl)nc(Cl)c(Cl)c1Cl. The van der Waals surface area contributed by atoms with Gasteiger partial charge in [0.05, 0.1) is 4.92 Å². The summed E-state index contributed by atoms with van der Waals surface area (Å²) in [6, 6.07) is 0. The Kier molecular flexibility index (Phi) is 3.18. The zero-order valence-electron chi connectivity index (χ0n) is 5.72. The zero-order valence-corrected chi connectivity index (χ0v) is 8.75. The summed E-state index contributed by atoms with van der Waals surface area (Å²) in [5.74, 6) is 0. The zero-order chi connectivity index (χ0) is 10.2. The molecule has 0 aliphatic heterocycles. The maximum Gasteiger partial charge on any atom is 0.326 e. The standard InChI is InChI=1S/C5Cl4N2O2/c6-1-2(7)4(8)10-5(9)3(1)11(12)13. The van der Waals surface area contributed by atoms with Crippen molar-refractivity contribution in [2.45, 2.75) is 0 Å². The molecule has 1 aromatic rings. The third kappa shape index (κ3) is 1.96. The lowest BCUT2D eigenvalue weighted by molar-refractivity contribution is -0.384. The minimum absolute atomic E-state index is 0.165. The predicted molar refractivity (Wildman–Crippen MR) is 50.9 cm³/mol. The van der Waals surface area contributed by atoms with Gasteiger partial charge in [0, 0.05) is 0 Å². The van der Waals surface area contributed by atoms with E-state index in [1.54, 1.807) is 0 Å². The van der Waals surface area contributed by atoms with Crippen LogP contribution in [-0.2, 0) is 0 Å². The number of halogens is 4. The van der Waals surface area contributed by atoms with Gasteiger partial charge in [0.15, 0.2) is 5.15 Å². The molecule has 0 aromatic carbocycles. The maximum absolute atomic E-state index is 10.4. The summed E-state index contributed by atoms with van der Waals surface area (Å²) in [6.45, 7) is 0. The molecule has 13 heavy (non-hydrogen) atoms. The first-order chi connectivity index (χ1) is 5.95. The Hall–Kier alpha value is -0.290. The van der Waals surface area contributed by atoms with Crippen molar-refractivity contribution in [3.05, 3.63) is 30.5 Å². The molecular weight excluding hydrogens is 262 g/mol. The topological polar surface area (TPSA) is 56.0 Å². The molecule has 0 aliphatic carbocycles. The van der Waals surface area contributed by atoms with Crippen molar-refractivity contribution in [2.24, 2.45) is 0 Å². The fourth-order valence-corrected chi connectivity index (χ4v) is 1.58. The summed E-state index contributed by atoms with van der Waals surface area (Å²) >= 11 is 21.9. The van der Waals surface area contributed by atoms with E-state index in [0.29, 0.717) is 0 Å². The summed E-state index contributed by atoms with van der Waals surface area (Å²) in [5.41, 5.74) is -0.544. The highest BCUT2D eigenvalue weighted by Gasteiger charge is 2.24. The van der Waals surface area contributed by atoms with Gasteiger partial charge < -0.3 is 0 Å². The van der Waals surface area contributed by atoms with Crippen LogP contribution in [0.5, 0.6) is 0 Å². The number of pyridine rings is 1. The first-order valence-corrected chi connectivity index (χ1v) is 4.30. The summed E-state index contributed by atoms with van der Waals surface area (Å²) in [6.07, 6.45) is 0. The Bertz CT molecular complexity index is 381. The molecule has 0 unspecified atom stereocenters. The second-order valence-corrected chi connectivity index (χ2v) is 3.40. The van der Waals surface area contributed by atoms with Crippen molar-refractivity contribution in [3.8, 4) is 0 Å². The third-order valence-electron chi connectivity index (χ3n) is 1.16. The second-order valence-electron chi connectivity index (χ2n) is 1.93. The van der Waals surface area contributed by atoms with Crippen LogP contribution in [0.3, 0.4) is 0 Å². The van der Waals surface area contributed by atoms with E-state index in [4.69, 9.17) is 46.4 Å². The number of hydrogen-bond acceptors (Lipinski definition) is 3. The Morgan fingerprint density at radius 2 is 1.62 bits per heavy atom. The van der Waals surface area contributed by atoms with Crippen LogP contribution in [0.4, 0.5) is 5.69 Å². The van der Waals surface area contributed by atoms with Crippen molar-refractivity contribution in [3.63, 3.8) is 0 Å². The summed E-state index contributed by atoms with van der Waals surface area (Å²) in [5, 5.41) is 9.36. The molecule has 0 spiro atoms. The quantitative estimate of drug-likeness (QED) is 0.441. The molecular formula is C5Cl4N2O2. The van der Waals surface area contributed by atoms with Gasteiger partial charge in [0.2, 0.25) is 5.15 Å². The molecule has 0 fully saturated rings. The number of rotatable bonds is 1. The fraction of sp³-hybridized carbons (Fsp3) is 0. The van der Waals surface area contributed by atoms with Crippen LogP contribution in [0, 0.1) is 10.1 Å². The van der Waals surface area contributed by atoms with Crippen LogP contribution in [0.2, 0.25) is 20.4 Å². The van der Waals surface area contributed by atoms with E-state index < -0.39 is 10.6 Å². The molecule has 1 rings (SSSR count). The van der Waals surface area contributed by atoms with Gasteiger partial charge in [-0.25, -0.2) is 4.98 Å². The van der Waals surface area contributed by atoms with Crippen molar-refractivity contribution >= 4 is 52.1 Å². The lowest BCUT2D eigenvalue weighted by Gasteiger charge is -2.00. The van der Waals surface area contributed by atoms with Crippen molar-refractivity contribution in [1.82, 2.24) is 4.98 Å². The molecule has 4 nitrogen and oxygen atoms in total. The van der Waals surface area contributed by atoms with E-state index in [0.717, 1.165) is 0 Å². The normalized spacial score (nSPS) is 10.2. The number of nitrogens with zero attached hydrogens (tertiary/aromatic N) is 2. The Morgan fingerprint density at radius 1 is 1.08 bits per heavy atom. The van der Waals surface area contributed by atoms with Crippen LogP contribution < -0.4 is 0 Å². The molecule has 0 aliphatic rings. The molecule has 1 heterocycles. The number of hydrogen-bond donors (Lipinski definition) is 0. The minimum atomic E-state index is -0.778. The lowest BCUT2D eigenvalue weighted by atomic mass is 10.4. The highest BCUT2D eigenvalue weighted by molar-refractivity contribution is 6.49. The van der Waals surface area contributed by atoms with Gasteiger partial charge in [0.1, 0.15) is 10.0 Å². The molecule has 0 amide bonds. The summed E-state index contributed by atoms with van der Waals surface area (Å²) < 4.78 is 0. The molecule has 0 saturated heterocycles. The molecule has 0 atom stereocenters. The molecule has 0 radical (unpaired) electrons. The summed E-state index contributed by atoms with van der Waals surface area (Å²) in [4.78, 5) is 13.1. The average Bonchev–Trinajstić information content (AvgIpc) is 1.99. The van der Waals surface area contributed by atoms with Gasteiger partial charge in [-0.2, -0.15) is 0 Å². The van der Waals surface area contributed by atoms with Crippen LogP contribution in [0.1, 0.15) is 0 Å². The molecule has 1 aromatic heterocycles. The first-order valence-electron chi connectivity index (χ1n) is 2.79. The molecule has 0 bridgehead atoms. The van der Waals surface area contributed by atoms with E-state index in [1.165, 1.54) is 0 Å². The molecule has 0 saturated carbocycles. The Labute approximate surface area is 92.5 Å². The monoisotopic (exact) mass is 260 g/mol. The van der Waals surface area contributed by atoms with Crippen LogP contribution in [0.25, 0.3) is 0 Å². The number of nitro groups is 1. The maximum atomic E-state index is 10.4. The molecule has 70 valence electrons. The molecule has 8 heteroatoms. The van der Waals surface area contributed by atoms with E-state index in [1.807, 2.05) is 0 Å². The average molecular weight is 262 g/mol. The van der Waals surface area contributed by atoms with Gasteiger partial charge in [-0.05, 0) is 0 Å². The number of aromatic nitrogens is 1. The molecule has 0 N–H and O–H groups in total. The van der Waals surface area contributed by atoms with Crippen molar-refractivity contribution in [2.75, 3.05) is 0 Å². The van der Waals surface area contributed by atoms with E-state index >= 15 is 0 Å². The third-order valence-corrected chi connectivity index (χ3v) is 2.62. The largest absolute Gasteiger partial charge is 0.326 e. The minimum Gasteiger partial charge on any atom is -0.258 e. The van der Waals surface area contributed by atoms with Crippen LogP contribution in [0.15, 0.2) is 0 Å². The van der Waals surface area contributed by atoms with Gasteiger partial charge in [-0.3, -0.25) is 10.1 Å². The first kappa shape index (κ1) is 10.8. The van der Waals surface area contributed by atoms with Gasteiger partial charge in [0.25, 0.3) is 0 Å². The van der Waals surface area contributed by atoms with Crippen LogP contribution >= 0.6 is 46.4 Å². The highest BCUT2D eigenvalue weighted by Crippen LogP contribution is 2.39. The van der Waals surface area contributed by atoms with E-state index in [-0.39, 0.29) is 20.4 Å². The smallest absolute Gasteiger partial charge is 0.258 e. The van der Waals surface area contributed by atoms with Gasteiger partial charge >= 0.3 is 5.69 Å². The predicted octanol–water partition coefficient (Wildman–Crippen LogP) is 3.60. The Balaban J connectivity index is 3.53. The van der Waals surface area contributed by atoms with E-state index in [9.17, 15) is 10.1 Å². The second kappa shape index (κ2) is 3.84. The van der Waals surface area contributed by atoms with Gasteiger partial charge in [-0.15, -0.1) is 0 Å². The lowest BCUT2D eigenvalue weighted by Crippen LogP contribution is -1.94. The van der Waals surface area contributed by atoms with E-state index in [2.05, 4.69) is 4.98 Å². The van der Waals surface area contributed by atoms with Crippen LogP contribution in [-0.4, -0.2) is 9.91 Å². The fourth-order valence-electron chi connectivity index (χ4n) is 0.629. The Morgan fingerprint density at radius 3 is 2.08 bits per heavy atom. The summed E-state index contributed by atoms with van der Waals surface area (Å²) in [7, 11) is 0.